The molecule has 2 aromatic carbocycles. The van der Waals surface area contributed by atoms with Crippen molar-refractivity contribution in [1.82, 2.24) is 5.32 Å². The monoisotopic (exact) mass is 394 g/mol. The molecule has 1 atom stereocenters. The second kappa shape index (κ2) is 10.2. The van der Waals surface area contributed by atoms with Crippen LogP contribution in [0.1, 0.15) is 70.1 Å². The van der Waals surface area contributed by atoms with E-state index in [4.69, 9.17) is 0 Å². The summed E-state index contributed by atoms with van der Waals surface area (Å²) >= 11 is 0. The first-order chi connectivity index (χ1) is 13.7. The van der Waals surface area contributed by atoms with Gasteiger partial charge < -0.3 is 10.6 Å². The van der Waals surface area contributed by atoms with Crippen LogP contribution in [0.15, 0.2) is 48.5 Å². The van der Waals surface area contributed by atoms with Gasteiger partial charge in [0.15, 0.2) is 0 Å². The maximum Gasteiger partial charge on any atom is 0.237 e. The number of hydrogen-bond acceptors (Lipinski definition) is 2. The fourth-order valence-electron chi connectivity index (χ4n) is 3.45. The van der Waals surface area contributed by atoms with E-state index in [9.17, 15) is 9.59 Å². The summed E-state index contributed by atoms with van der Waals surface area (Å²) in [5.41, 5.74) is 3.99. The maximum atomic E-state index is 13.3. The van der Waals surface area contributed by atoms with Crippen LogP contribution in [0.25, 0.3) is 0 Å². The zero-order chi connectivity index (χ0) is 21.6. The molecule has 2 N–H and O–H groups in total. The van der Waals surface area contributed by atoms with Gasteiger partial charge in [-0.05, 0) is 48.8 Å². The van der Waals surface area contributed by atoms with Crippen LogP contribution in [0, 0.1) is 5.92 Å². The van der Waals surface area contributed by atoms with E-state index < -0.39 is 5.92 Å². The Morgan fingerprint density at radius 1 is 0.759 bits per heavy atom. The zero-order valence-corrected chi connectivity index (χ0v) is 18.5. The molecule has 2 amide bonds. The summed E-state index contributed by atoms with van der Waals surface area (Å²) in [6.07, 6.45) is 0.367. The predicted molar refractivity (Wildman–Crippen MR) is 120 cm³/mol. The molecule has 1 unspecified atom stereocenters. The van der Waals surface area contributed by atoms with Gasteiger partial charge in [0.25, 0.3) is 0 Å². The Morgan fingerprint density at radius 2 is 1.31 bits per heavy atom. The number of nitrogens with one attached hydrogen (secondary N) is 2. The van der Waals surface area contributed by atoms with Gasteiger partial charge in [0.2, 0.25) is 11.8 Å². The average molecular weight is 395 g/mol. The molecule has 29 heavy (non-hydrogen) atoms. The van der Waals surface area contributed by atoms with Crippen molar-refractivity contribution in [2.24, 2.45) is 5.92 Å². The predicted octanol–water partition coefficient (Wildman–Crippen LogP) is 5.26. The maximum absolute atomic E-state index is 13.3. The van der Waals surface area contributed by atoms with Crippen LogP contribution in [-0.2, 0) is 16.0 Å². The van der Waals surface area contributed by atoms with Crippen LogP contribution in [0.2, 0.25) is 0 Å². The number of benzene rings is 2. The third-order valence-corrected chi connectivity index (χ3v) is 4.97. The highest BCUT2D eigenvalue weighted by Gasteiger charge is 2.29. The summed E-state index contributed by atoms with van der Waals surface area (Å²) in [5.74, 6) is -0.765. The van der Waals surface area contributed by atoms with Crippen LogP contribution in [0.3, 0.4) is 0 Å². The van der Waals surface area contributed by atoms with E-state index in [0.717, 1.165) is 22.4 Å². The summed E-state index contributed by atoms with van der Waals surface area (Å²) in [6, 6.07) is 15.8. The van der Waals surface area contributed by atoms with E-state index in [2.05, 4.69) is 38.3 Å². The van der Waals surface area contributed by atoms with Gasteiger partial charge in [-0.25, -0.2) is 0 Å². The van der Waals surface area contributed by atoms with E-state index in [0.29, 0.717) is 6.42 Å². The molecule has 0 radical (unpaired) electrons. The Labute approximate surface area is 175 Å². The standard InChI is InChI=1S/C25H34N2O2/c1-16(2)20-13-10-14-21(17(3)4)23(20)27-25(29)22(24(28)26-18(5)6)15-19-11-8-7-9-12-19/h7-14,16-18,22H,15H2,1-6H3,(H,26,28)(H,27,29). The van der Waals surface area contributed by atoms with Crippen molar-refractivity contribution in [1.29, 1.82) is 0 Å². The third kappa shape index (κ3) is 6.18. The summed E-state index contributed by atoms with van der Waals surface area (Å²) in [4.78, 5) is 26.2. The Bertz CT molecular complexity index is 800. The minimum Gasteiger partial charge on any atom is -0.353 e. The summed E-state index contributed by atoms with van der Waals surface area (Å²) in [6.45, 7) is 12.3. The number of rotatable bonds is 8. The molecule has 0 aliphatic heterocycles. The van der Waals surface area contributed by atoms with Gasteiger partial charge in [-0.1, -0.05) is 76.2 Å². The molecule has 2 rings (SSSR count). The number of anilines is 1. The molecule has 0 aromatic heterocycles. The fourth-order valence-corrected chi connectivity index (χ4v) is 3.45. The van der Waals surface area contributed by atoms with Crippen molar-refractivity contribution in [2.75, 3.05) is 5.32 Å². The summed E-state index contributed by atoms with van der Waals surface area (Å²) < 4.78 is 0. The molecule has 0 spiro atoms. The van der Waals surface area contributed by atoms with Gasteiger partial charge in [0, 0.05) is 11.7 Å². The average Bonchev–Trinajstić information content (AvgIpc) is 2.65. The highest BCUT2D eigenvalue weighted by molar-refractivity contribution is 6.07. The Balaban J connectivity index is 2.38. The molecule has 0 aliphatic rings. The lowest BCUT2D eigenvalue weighted by Gasteiger charge is -2.23. The van der Waals surface area contributed by atoms with Crippen LogP contribution >= 0.6 is 0 Å². The van der Waals surface area contributed by atoms with Gasteiger partial charge in [0.05, 0.1) is 0 Å². The van der Waals surface area contributed by atoms with Gasteiger partial charge in [-0.15, -0.1) is 0 Å². The molecular weight excluding hydrogens is 360 g/mol. The molecule has 2 aromatic rings. The molecule has 0 aliphatic carbocycles. The van der Waals surface area contributed by atoms with Crippen molar-refractivity contribution < 1.29 is 9.59 Å². The second-order valence-corrected chi connectivity index (χ2v) is 8.52. The first-order valence-corrected chi connectivity index (χ1v) is 10.5. The number of hydrogen-bond donors (Lipinski definition) is 2. The number of carbonyl (C=O) groups is 2. The molecule has 0 fully saturated rings. The molecular formula is C25H34N2O2. The van der Waals surface area contributed by atoms with Crippen molar-refractivity contribution in [3.05, 3.63) is 65.2 Å². The zero-order valence-electron chi connectivity index (χ0n) is 18.5. The summed E-state index contributed by atoms with van der Waals surface area (Å²) in [5, 5.41) is 6.02. The van der Waals surface area contributed by atoms with E-state index in [-0.39, 0.29) is 29.7 Å². The number of amides is 2. The van der Waals surface area contributed by atoms with E-state index >= 15 is 0 Å². The molecule has 0 heterocycles. The molecule has 0 bridgehead atoms. The minimum atomic E-state index is -0.792. The Hall–Kier alpha value is -2.62. The fraction of sp³-hybridized carbons (Fsp3) is 0.440. The van der Waals surface area contributed by atoms with Crippen molar-refractivity contribution in [3.63, 3.8) is 0 Å². The Kier molecular flexibility index (Phi) is 8.00. The SMILES string of the molecule is CC(C)NC(=O)C(Cc1ccccc1)C(=O)Nc1c(C(C)C)cccc1C(C)C. The van der Waals surface area contributed by atoms with Crippen molar-refractivity contribution in [2.45, 2.75) is 65.8 Å². The van der Waals surface area contributed by atoms with E-state index in [1.807, 2.05) is 62.4 Å². The molecule has 4 heteroatoms. The first-order valence-electron chi connectivity index (χ1n) is 10.5. The smallest absolute Gasteiger partial charge is 0.237 e. The minimum absolute atomic E-state index is 0.0252. The quantitative estimate of drug-likeness (QED) is 0.600. The molecule has 0 saturated heterocycles. The van der Waals surface area contributed by atoms with Gasteiger partial charge in [-0.3, -0.25) is 9.59 Å². The van der Waals surface area contributed by atoms with Crippen LogP contribution in [0.4, 0.5) is 5.69 Å². The second-order valence-electron chi connectivity index (χ2n) is 8.52. The van der Waals surface area contributed by atoms with Crippen LogP contribution in [-0.4, -0.2) is 17.9 Å². The molecule has 156 valence electrons. The third-order valence-electron chi connectivity index (χ3n) is 4.97. The first kappa shape index (κ1) is 22.7. The largest absolute Gasteiger partial charge is 0.353 e. The van der Waals surface area contributed by atoms with Gasteiger partial charge in [0.1, 0.15) is 5.92 Å². The summed E-state index contributed by atoms with van der Waals surface area (Å²) in [7, 11) is 0. The lowest BCUT2D eigenvalue weighted by molar-refractivity contribution is -0.132. The Morgan fingerprint density at radius 3 is 1.79 bits per heavy atom. The van der Waals surface area contributed by atoms with Gasteiger partial charge in [-0.2, -0.15) is 0 Å². The highest BCUT2D eigenvalue weighted by atomic mass is 16.2. The van der Waals surface area contributed by atoms with Crippen LogP contribution < -0.4 is 10.6 Å². The number of para-hydroxylation sites is 1. The van der Waals surface area contributed by atoms with Crippen molar-refractivity contribution >= 4 is 17.5 Å². The van der Waals surface area contributed by atoms with Gasteiger partial charge >= 0.3 is 0 Å². The lowest BCUT2D eigenvalue weighted by atomic mass is 9.91. The molecule has 4 nitrogen and oxygen atoms in total. The highest BCUT2D eigenvalue weighted by Crippen LogP contribution is 2.32. The topological polar surface area (TPSA) is 58.2 Å². The van der Waals surface area contributed by atoms with Crippen molar-refractivity contribution in [3.8, 4) is 0 Å². The number of carbonyl (C=O) groups excluding carboxylic acids is 2. The van der Waals surface area contributed by atoms with E-state index in [1.165, 1.54) is 0 Å². The normalized spacial score (nSPS) is 12.3. The molecule has 0 saturated carbocycles. The van der Waals surface area contributed by atoms with E-state index in [1.54, 1.807) is 0 Å². The van der Waals surface area contributed by atoms with Crippen LogP contribution in [0.5, 0.6) is 0 Å². The lowest BCUT2D eigenvalue weighted by Crippen LogP contribution is -2.42.